The first-order valence-corrected chi connectivity index (χ1v) is 8.54. The number of aliphatic hydroxyl groups excluding tert-OH is 1. The topological polar surface area (TPSA) is 58.6 Å². The van der Waals surface area contributed by atoms with E-state index in [1.165, 1.54) is 12.8 Å². The van der Waals surface area contributed by atoms with Crippen LogP contribution >= 0.6 is 0 Å². The van der Waals surface area contributed by atoms with E-state index in [4.69, 9.17) is 4.74 Å². The average Bonchev–Trinajstić information content (AvgIpc) is 2.84. The average molecular weight is 277 g/mol. The molecule has 1 saturated carbocycles. The maximum absolute atomic E-state index is 11.1. The second-order valence-corrected chi connectivity index (χ2v) is 7.00. The molecule has 18 heavy (non-hydrogen) atoms. The van der Waals surface area contributed by atoms with E-state index < -0.39 is 16.9 Å². The van der Waals surface area contributed by atoms with E-state index in [1.54, 1.807) is 6.26 Å². The Morgan fingerprint density at radius 2 is 2.11 bits per heavy atom. The SMILES string of the molecule is CC(CCNCC(O)COC1CCCC1)S(C)=O. The molecule has 2 N–H and O–H groups in total. The molecular weight excluding hydrogens is 250 g/mol. The third kappa shape index (κ3) is 6.83. The fourth-order valence-electron chi connectivity index (χ4n) is 2.10. The van der Waals surface area contributed by atoms with E-state index in [0.29, 0.717) is 19.3 Å². The molecule has 1 aliphatic carbocycles. The molecule has 0 aromatic heterocycles. The summed E-state index contributed by atoms with van der Waals surface area (Å²) in [5.41, 5.74) is 0. The highest BCUT2D eigenvalue weighted by Crippen LogP contribution is 2.20. The van der Waals surface area contributed by atoms with Crippen molar-refractivity contribution in [2.24, 2.45) is 0 Å². The summed E-state index contributed by atoms with van der Waals surface area (Å²) in [5, 5.41) is 13.1. The van der Waals surface area contributed by atoms with Gasteiger partial charge in [-0.25, -0.2) is 0 Å². The number of aliphatic hydroxyl groups is 1. The van der Waals surface area contributed by atoms with Gasteiger partial charge in [0, 0.05) is 28.9 Å². The van der Waals surface area contributed by atoms with E-state index in [9.17, 15) is 9.32 Å². The number of hydrogen-bond donors (Lipinski definition) is 2. The fraction of sp³-hybridized carbons (Fsp3) is 1.00. The van der Waals surface area contributed by atoms with Crippen molar-refractivity contribution in [3.05, 3.63) is 0 Å². The van der Waals surface area contributed by atoms with Crippen molar-refractivity contribution < 1.29 is 14.1 Å². The van der Waals surface area contributed by atoms with Gasteiger partial charge in [0.15, 0.2) is 0 Å². The summed E-state index contributed by atoms with van der Waals surface area (Å²) in [6, 6.07) is 0. The second kappa shape index (κ2) is 9.02. The zero-order valence-electron chi connectivity index (χ0n) is 11.6. The molecule has 0 aliphatic heterocycles. The summed E-state index contributed by atoms with van der Waals surface area (Å²) in [6.07, 6.45) is 7.32. The summed E-state index contributed by atoms with van der Waals surface area (Å²) < 4.78 is 16.8. The quantitative estimate of drug-likeness (QED) is 0.619. The zero-order valence-corrected chi connectivity index (χ0v) is 12.4. The molecule has 5 heteroatoms. The molecule has 0 spiro atoms. The van der Waals surface area contributed by atoms with Gasteiger partial charge in [-0.2, -0.15) is 0 Å². The predicted molar refractivity (Wildman–Crippen MR) is 75.2 cm³/mol. The van der Waals surface area contributed by atoms with Crippen LogP contribution in [0.1, 0.15) is 39.0 Å². The number of ether oxygens (including phenoxy) is 1. The first-order chi connectivity index (χ1) is 8.59. The lowest BCUT2D eigenvalue weighted by molar-refractivity contribution is -0.00534. The highest BCUT2D eigenvalue weighted by Gasteiger charge is 2.16. The molecule has 0 aromatic carbocycles. The summed E-state index contributed by atoms with van der Waals surface area (Å²) in [5.74, 6) is 0. The minimum Gasteiger partial charge on any atom is -0.389 e. The highest BCUT2D eigenvalue weighted by atomic mass is 32.2. The van der Waals surface area contributed by atoms with Crippen molar-refractivity contribution in [1.29, 1.82) is 0 Å². The van der Waals surface area contributed by atoms with Crippen LogP contribution in [0.25, 0.3) is 0 Å². The molecule has 0 radical (unpaired) electrons. The summed E-state index contributed by atoms with van der Waals surface area (Å²) in [7, 11) is -0.757. The summed E-state index contributed by atoms with van der Waals surface area (Å²) >= 11 is 0. The van der Waals surface area contributed by atoms with Gasteiger partial charge in [0.2, 0.25) is 0 Å². The Kier molecular flexibility index (Phi) is 8.06. The molecule has 0 aromatic rings. The van der Waals surface area contributed by atoms with Gasteiger partial charge in [-0.1, -0.05) is 19.8 Å². The van der Waals surface area contributed by atoms with Crippen LogP contribution in [0.2, 0.25) is 0 Å². The Balaban J connectivity index is 1.96. The van der Waals surface area contributed by atoms with E-state index in [2.05, 4.69) is 5.32 Å². The first kappa shape index (κ1) is 16.1. The van der Waals surface area contributed by atoms with Crippen molar-refractivity contribution in [1.82, 2.24) is 5.32 Å². The lowest BCUT2D eigenvalue weighted by atomic mass is 10.3. The van der Waals surface area contributed by atoms with E-state index >= 15 is 0 Å². The largest absolute Gasteiger partial charge is 0.389 e. The monoisotopic (exact) mass is 277 g/mol. The fourth-order valence-corrected chi connectivity index (χ4v) is 2.55. The Bertz CT molecular complexity index is 244. The molecule has 3 atom stereocenters. The van der Waals surface area contributed by atoms with Crippen LogP contribution in [0.5, 0.6) is 0 Å². The van der Waals surface area contributed by atoms with E-state index in [1.807, 2.05) is 6.92 Å². The van der Waals surface area contributed by atoms with Crippen LogP contribution in [0.4, 0.5) is 0 Å². The van der Waals surface area contributed by atoms with Gasteiger partial charge in [0.1, 0.15) is 0 Å². The highest BCUT2D eigenvalue weighted by molar-refractivity contribution is 7.84. The van der Waals surface area contributed by atoms with Crippen molar-refractivity contribution >= 4 is 10.8 Å². The lowest BCUT2D eigenvalue weighted by Crippen LogP contribution is -2.33. The van der Waals surface area contributed by atoms with Crippen LogP contribution in [0.15, 0.2) is 0 Å². The van der Waals surface area contributed by atoms with Gasteiger partial charge in [0.05, 0.1) is 18.8 Å². The first-order valence-electron chi connectivity index (χ1n) is 6.92. The summed E-state index contributed by atoms with van der Waals surface area (Å²) in [6.45, 7) is 3.75. The Labute approximate surface area is 113 Å². The van der Waals surface area contributed by atoms with Crippen LogP contribution < -0.4 is 5.32 Å². The van der Waals surface area contributed by atoms with Gasteiger partial charge in [0.25, 0.3) is 0 Å². The van der Waals surface area contributed by atoms with Crippen molar-refractivity contribution in [3.8, 4) is 0 Å². The minimum absolute atomic E-state index is 0.212. The van der Waals surface area contributed by atoms with Gasteiger partial charge >= 0.3 is 0 Å². The Morgan fingerprint density at radius 3 is 2.72 bits per heavy atom. The lowest BCUT2D eigenvalue weighted by Gasteiger charge is -2.16. The molecule has 108 valence electrons. The van der Waals surface area contributed by atoms with Gasteiger partial charge in [-0.15, -0.1) is 0 Å². The molecular formula is C13H27NO3S. The number of rotatable bonds is 9. The third-order valence-corrected chi connectivity index (χ3v) is 4.87. The van der Waals surface area contributed by atoms with Gasteiger partial charge in [-0.05, 0) is 25.8 Å². The van der Waals surface area contributed by atoms with Crippen LogP contribution in [0.3, 0.4) is 0 Å². The smallest absolute Gasteiger partial charge is 0.0897 e. The minimum atomic E-state index is -0.757. The van der Waals surface area contributed by atoms with Crippen LogP contribution in [-0.4, -0.2) is 52.7 Å². The van der Waals surface area contributed by atoms with Gasteiger partial charge < -0.3 is 15.2 Å². The Morgan fingerprint density at radius 1 is 1.44 bits per heavy atom. The maximum Gasteiger partial charge on any atom is 0.0897 e. The molecule has 0 heterocycles. The predicted octanol–water partition coefficient (Wildman–Crippen LogP) is 1.05. The van der Waals surface area contributed by atoms with Gasteiger partial charge in [-0.3, -0.25) is 4.21 Å². The summed E-state index contributed by atoms with van der Waals surface area (Å²) in [4.78, 5) is 0. The second-order valence-electron chi connectivity index (χ2n) is 5.20. The Hall–Kier alpha value is 0.0300. The molecule has 4 nitrogen and oxygen atoms in total. The zero-order chi connectivity index (χ0) is 13.4. The molecule has 1 fully saturated rings. The van der Waals surface area contributed by atoms with E-state index in [-0.39, 0.29) is 5.25 Å². The molecule has 0 bridgehead atoms. The molecule has 0 amide bonds. The molecule has 1 rings (SSSR count). The standard InChI is InChI=1S/C13H27NO3S/c1-11(18(2)16)7-8-14-9-12(15)10-17-13-5-3-4-6-13/h11-15H,3-10H2,1-2H3. The number of hydrogen-bond acceptors (Lipinski definition) is 4. The normalized spacial score (nSPS) is 21.9. The maximum atomic E-state index is 11.1. The molecule has 0 saturated heterocycles. The van der Waals surface area contributed by atoms with Crippen LogP contribution in [0, 0.1) is 0 Å². The number of nitrogens with one attached hydrogen (secondary N) is 1. The van der Waals surface area contributed by atoms with Crippen molar-refractivity contribution in [2.75, 3.05) is 26.0 Å². The third-order valence-electron chi connectivity index (χ3n) is 3.50. The van der Waals surface area contributed by atoms with Crippen molar-refractivity contribution in [3.63, 3.8) is 0 Å². The van der Waals surface area contributed by atoms with Crippen molar-refractivity contribution in [2.45, 2.75) is 56.5 Å². The van der Waals surface area contributed by atoms with Crippen LogP contribution in [-0.2, 0) is 15.5 Å². The molecule has 3 unspecified atom stereocenters. The van der Waals surface area contributed by atoms with E-state index in [0.717, 1.165) is 25.8 Å². The molecule has 1 aliphatic rings.